The zero-order chi connectivity index (χ0) is 19.6. The molecule has 1 amide bonds. The Kier molecular flexibility index (Phi) is 4.81. The van der Waals surface area contributed by atoms with Crippen LogP contribution >= 0.6 is 11.8 Å². The molecular formula is C22H21N5OS. The molecule has 0 radical (unpaired) electrons. The molecule has 29 heavy (non-hydrogen) atoms. The van der Waals surface area contributed by atoms with E-state index in [2.05, 4.69) is 43.4 Å². The van der Waals surface area contributed by atoms with Crippen molar-refractivity contribution >= 4 is 34.3 Å². The molecule has 0 unspecified atom stereocenters. The summed E-state index contributed by atoms with van der Waals surface area (Å²) in [5.41, 5.74) is 5.50. The molecule has 5 rings (SSSR count). The van der Waals surface area contributed by atoms with Crippen LogP contribution < -0.4 is 10.6 Å². The fraction of sp³-hybridized carbons (Fsp3) is 0.227. The van der Waals surface area contributed by atoms with Crippen molar-refractivity contribution in [2.45, 2.75) is 18.9 Å². The number of aromatic nitrogens is 3. The molecule has 6 nitrogen and oxygen atoms in total. The molecule has 3 heterocycles. The van der Waals surface area contributed by atoms with Crippen molar-refractivity contribution < 1.29 is 4.79 Å². The van der Waals surface area contributed by atoms with Gasteiger partial charge in [0.05, 0.1) is 23.0 Å². The van der Waals surface area contributed by atoms with Crippen LogP contribution in [0.5, 0.6) is 0 Å². The molecule has 0 bridgehead atoms. The number of rotatable bonds is 6. The maximum Gasteiger partial charge on any atom is 0.255 e. The Morgan fingerprint density at radius 1 is 1.24 bits per heavy atom. The SMILES string of the molecule is O=C(NCC1=CCSC=C1)c1cnc2ccc(-c3cn[nH]c3)cc2c1NC1CC1. The molecule has 1 saturated carbocycles. The van der Waals surface area contributed by atoms with Crippen molar-refractivity contribution in [1.82, 2.24) is 20.5 Å². The lowest BCUT2D eigenvalue weighted by Crippen LogP contribution is -2.27. The minimum Gasteiger partial charge on any atom is -0.381 e. The summed E-state index contributed by atoms with van der Waals surface area (Å²) in [6.07, 6.45) is 11.8. The van der Waals surface area contributed by atoms with E-state index in [1.54, 1.807) is 24.2 Å². The normalized spacial score (nSPS) is 15.9. The molecule has 0 saturated heterocycles. The van der Waals surface area contributed by atoms with Crippen LogP contribution in [0.4, 0.5) is 5.69 Å². The number of nitrogens with one attached hydrogen (secondary N) is 3. The number of carbonyl (C=O) groups is 1. The average molecular weight is 404 g/mol. The lowest BCUT2D eigenvalue weighted by atomic mass is 10.0. The van der Waals surface area contributed by atoms with Gasteiger partial charge in [-0.3, -0.25) is 14.9 Å². The van der Waals surface area contributed by atoms with E-state index < -0.39 is 0 Å². The number of pyridine rings is 1. The largest absolute Gasteiger partial charge is 0.381 e. The highest BCUT2D eigenvalue weighted by Crippen LogP contribution is 2.34. The lowest BCUT2D eigenvalue weighted by Gasteiger charge is -2.15. The van der Waals surface area contributed by atoms with Gasteiger partial charge in [0.25, 0.3) is 5.91 Å². The van der Waals surface area contributed by atoms with Crippen molar-refractivity contribution in [3.8, 4) is 11.1 Å². The van der Waals surface area contributed by atoms with Crippen molar-refractivity contribution in [3.63, 3.8) is 0 Å². The average Bonchev–Trinajstić information content (AvgIpc) is 3.41. The number of hydrogen-bond donors (Lipinski definition) is 3. The van der Waals surface area contributed by atoms with Gasteiger partial charge in [-0.1, -0.05) is 18.2 Å². The van der Waals surface area contributed by atoms with E-state index in [-0.39, 0.29) is 5.91 Å². The first-order valence-corrected chi connectivity index (χ1v) is 10.8. The maximum absolute atomic E-state index is 13.0. The Labute approximate surface area is 172 Å². The summed E-state index contributed by atoms with van der Waals surface area (Å²) in [5, 5.41) is 16.5. The van der Waals surface area contributed by atoms with Crippen LogP contribution in [0.15, 0.2) is 59.9 Å². The minimum atomic E-state index is -0.108. The topological polar surface area (TPSA) is 82.7 Å². The van der Waals surface area contributed by atoms with Gasteiger partial charge in [-0.2, -0.15) is 5.10 Å². The van der Waals surface area contributed by atoms with Crippen LogP contribution in [-0.2, 0) is 0 Å². The van der Waals surface area contributed by atoms with E-state index in [0.29, 0.717) is 18.2 Å². The van der Waals surface area contributed by atoms with Crippen LogP contribution in [0.3, 0.4) is 0 Å². The molecule has 1 aromatic carbocycles. The second-order valence-electron chi connectivity index (χ2n) is 7.28. The van der Waals surface area contributed by atoms with Gasteiger partial charge in [-0.15, -0.1) is 11.8 Å². The number of carbonyl (C=O) groups excluding carboxylic acids is 1. The Morgan fingerprint density at radius 2 is 2.17 bits per heavy atom. The Morgan fingerprint density at radius 3 is 2.93 bits per heavy atom. The van der Waals surface area contributed by atoms with Crippen molar-refractivity contribution in [2.75, 3.05) is 17.6 Å². The van der Waals surface area contributed by atoms with E-state index >= 15 is 0 Å². The second kappa shape index (κ2) is 7.75. The number of aromatic amines is 1. The standard InChI is InChI=1S/C22H21N5OS/c28-22(24-10-14-5-7-29-8-6-14)19-13-23-20-4-1-15(16-11-25-26-12-16)9-18(20)21(19)27-17-2-3-17/h1,4-7,9,11-13,17H,2-3,8,10H2,(H,23,27)(H,24,28)(H,25,26). The first-order valence-electron chi connectivity index (χ1n) is 9.72. The van der Waals surface area contributed by atoms with Crippen molar-refractivity contribution in [1.29, 1.82) is 0 Å². The molecule has 7 heteroatoms. The first kappa shape index (κ1) is 18.0. The smallest absolute Gasteiger partial charge is 0.255 e. The molecule has 1 fully saturated rings. The van der Waals surface area contributed by atoms with Crippen LogP contribution in [-0.4, -0.2) is 39.4 Å². The van der Waals surface area contributed by atoms with Crippen LogP contribution in [0.2, 0.25) is 0 Å². The summed E-state index contributed by atoms with van der Waals surface area (Å²) in [5.74, 6) is 0.841. The third-order valence-electron chi connectivity index (χ3n) is 5.14. The van der Waals surface area contributed by atoms with Gasteiger partial charge < -0.3 is 10.6 Å². The van der Waals surface area contributed by atoms with E-state index in [1.807, 2.05) is 24.4 Å². The van der Waals surface area contributed by atoms with E-state index in [1.165, 1.54) is 0 Å². The van der Waals surface area contributed by atoms with Gasteiger partial charge in [-0.05, 0) is 41.5 Å². The fourth-order valence-corrected chi connectivity index (χ4v) is 4.06. The fourth-order valence-electron chi connectivity index (χ4n) is 3.36. The molecule has 146 valence electrons. The number of amides is 1. The van der Waals surface area contributed by atoms with Gasteiger partial charge in [0, 0.05) is 41.7 Å². The molecule has 2 aliphatic rings. The predicted molar refractivity (Wildman–Crippen MR) is 118 cm³/mol. The van der Waals surface area contributed by atoms with Crippen molar-refractivity contribution in [2.24, 2.45) is 0 Å². The Bertz CT molecular complexity index is 1120. The van der Waals surface area contributed by atoms with E-state index in [9.17, 15) is 4.79 Å². The van der Waals surface area contributed by atoms with E-state index in [0.717, 1.165) is 51.9 Å². The third-order valence-corrected chi connectivity index (χ3v) is 5.83. The summed E-state index contributed by atoms with van der Waals surface area (Å²) < 4.78 is 0. The van der Waals surface area contributed by atoms with Gasteiger partial charge >= 0.3 is 0 Å². The number of benzene rings is 1. The minimum absolute atomic E-state index is 0.108. The lowest BCUT2D eigenvalue weighted by molar-refractivity contribution is 0.0958. The highest BCUT2D eigenvalue weighted by molar-refractivity contribution is 8.02. The highest BCUT2D eigenvalue weighted by Gasteiger charge is 2.25. The quantitative estimate of drug-likeness (QED) is 0.577. The predicted octanol–water partition coefficient (Wildman–Crippen LogP) is 4.12. The zero-order valence-electron chi connectivity index (χ0n) is 15.8. The molecular weight excluding hydrogens is 382 g/mol. The molecule has 1 aliphatic carbocycles. The number of anilines is 1. The van der Waals surface area contributed by atoms with Crippen LogP contribution in [0, 0.1) is 0 Å². The number of thioether (sulfide) groups is 1. The number of H-pyrrole nitrogens is 1. The summed E-state index contributed by atoms with van der Waals surface area (Å²) in [7, 11) is 0. The summed E-state index contributed by atoms with van der Waals surface area (Å²) in [4.78, 5) is 17.6. The Balaban J connectivity index is 1.50. The number of fused-ring (bicyclic) bond motifs is 1. The molecule has 0 atom stereocenters. The number of hydrogen-bond acceptors (Lipinski definition) is 5. The second-order valence-corrected chi connectivity index (χ2v) is 8.22. The monoisotopic (exact) mass is 403 g/mol. The van der Waals surface area contributed by atoms with E-state index in [4.69, 9.17) is 0 Å². The molecule has 3 N–H and O–H groups in total. The Hall–Kier alpha value is -3.06. The van der Waals surface area contributed by atoms with Gasteiger partial charge in [-0.25, -0.2) is 0 Å². The number of nitrogens with zero attached hydrogens (tertiary/aromatic N) is 2. The molecule has 2 aromatic heterocycles. The molecule has 3 aromatic rings. The first-order chi connectivity index (χ1) is 14.3. The zero-order valence-corrected chi connectivity index (χ0v) is 16.6. The maximum atomic E-state index is 13.0. The molecule has 0 spiro atoms. The van der Waals surface area contributed by atoms with Gasteiger partial charge in [0.15, 0.2) is 0 Å². The van der Waals surface area contributed by atoms with Crippen LogP contribution in [0.1, 0.15) is 23.2 Å². The highest BCUT2D eigenvalue weighted by atomic mass is 32.2. The van der Waals surface area contributed by atoms with Gasteiger partial charge in [0.1, 0.15) is 0 Å². The summed E-state index contributed by atoms with van der Waals surface area (Å²) >= 11 is 1.75. The van der Waals surface area contributed by atoms with Crippen molar-refractivity contribution in [3.05, 3.63) is 65.5 Å². The third kappa shape index (κ3) is 3.91. The van der Waals surface area contributed by atoms with Crippen LogP contribution in [0.25, 0.3) is 22.0 Å². The summed E-state index contributed by atoms with van der Waals surface area (Å²) in [6, 6.07) is 6.52. The van der Waals surface area contributed by atoms with Gasteiger partial charge in [0.2, 0.25) is 0 Å². The molecule has 1 aliphatic heterocycles. The summed E-state index contributed by atoms with van der Waals surface area (Å²) in [6.45, 7) is 0.520.